The van der Waals surface area contributed by atoms with Gasteiger partial charge in [-0.1, -0.05) is 42.5 Å². The molecule has 3 aromatic carbocycles. The molecule has 0 bridgehead atoms. The number of rotatable bonds is 7. The highest BCUT2D eigenvalue weighted by atomic mass is 19.4. The topological polar surface area (TPSA) is 9.23 Å². The van der Waals surface area contributed by atoms with Crippen molar-refractivity contribution in [2.24, 2.45) is 0 Å². The third kappa shape index (κ3) is 5.80. The smallest absolute Gasteiger partial charge is 0.429 e. The summed E-state index contributed by atoms with van der Waals surface area (Å²) in [6, 6.07) is 7.47. The maximum atomic E-state index is 14.7. The van der Waals surface area contributed by atoms with Gasteiger partial charge in [0.15, 0.2) is 11.6 Å². The van der Waals surface area contributed by atoms with E-state index in [-0.39, 0.29) is 23.3 Å². The largest absolute Gasteiger partial charge is 0.429 e. The summed E-state index contributed by atoms with van der Waals surface area (Å²) in [4.78, 5) is 0. The third-order valence-electron chi connectivity index (χ3n) is 5.04. The lowest BCUT2D eigenvalue weighted by molar-refractivity contribution is -0.188. The van der Waals surface area contributed by atoms with Crippen molar-refractivity contribution in [1.82, 2.24) is 0 Å². The number of allylic oxidation sites excluding steroid dienone is 2. The Hall–Kier alpha value is -3.43. The van der Waals surface area contributed by atoms with Crippen molar-refractivity contribution in [3.63, 3.8) is 0 Å². The summed E-state index contributed by atoms with van der Waals surface area (Å²) < 4.78 is 128. The molecule has 0 heterocycles. The van der Waals surface area contributed by atoms with Crippen LogP contribution in [-0.2, 0) is 18.7 Å². The number of alkyl halides is 5. The van der Waals surface area contributed by atoms with Crippen LogP contribution in [0.1, 0.15) is 30.0 Å². The molecule has 0 atom stereocenters. The molecule has 0 unspecified atom stereocenters. The number of aryl methyl sites for hydroxylation is 1. The Morgan fingerprint density at radius 2 is 1.40 bits per heavy atom. The van der Waals surface area contributed by atoms with Crippen molar-refractivity contribution in [2.75, 3.05) is 0 Å². The third-order valence-corrected chi connectivity index (χ3v) is 5.04. The van der Waals surface area contributed by atoms with E-state index in [2.05, 4.69) is 4.74 Å². The molecule has 35 heavy (non-hydrogen) atoms. The van der Waals surface area contributed by atoms with E-state index >= 15 is 0 Å². The predicted molar refractivity (Wildman–Crippen MR) is 111 cm³/mol. The van der Waals surface area contributed by atoms with Crippen LogP contribution in [0.5, 0.6) is 5.75 Å². The average Bonchev–Trinajstić information content (AvgIpc) is 2.74. The minimum atomic E-state index is -5.43. The molecule has 0 aliphatic rings. The fourth-order valence-electron chi connectivity index (χ4n) is 3.35. The Labute approximate surface area is 194 Å². The monoisotopic (exact) mass is 504 g/mol. The van der Waals surface area contributed by atoms with Gasteiger partial charge in [0, 0.05) is 17.7 Å². The molecule has 0 amide bonds. The van der Waals surface area contributed by atoms with Crippen LogP contribution in [0.3, 0.4) is 0 Å². The molecule has 0 saturated heterocycles. The first kappa shape index (κ1) is 26.2. The van der Waals surface area contributed by atoms with Crippen molar-refractivity contribution in [3.05, 3.63) is 101 Å². The standard InChI is InChI=1S/C25H17F9O/c1-2-3-4-5-14-6-8-15(9-7-14)17-10-11-18(23(29)22(17)28)25(33,34)35-16-12-19(26)21(20(27)13-16)24(30,31)32/h2-3,6-13H,4-5H2,1H3/b3-2+. The molecule has 10 heteroatoms. The second kappa shape index (κ2) is 10.1. The summed E-state index contributed by atoms with van der Waals surface area (Å²) >= 11 is 0. The molecule has 0 fully saturated rings. The van der Waals surface area contributed by atoms with Gasteiger partial charge in [0.05, 0.1) is 0 Å². The fourth-order valence-corrected chi connectivity index (χ4v) is 3.35. The van der Waals surface area contributed by atoms with Crippen molar-refractivity contribution < 1.29 is 44.3 Å². The van der Waals surface area contributed by atoms with Crippen LogP contribution < -0.4 is 4.74 Å². The second-order valence-corrected chi connectivity index (χ2v) is 7.47. The Kier molecular flexibility index (Phi) is 7.52. The minimum absolute atomic E-state index is 0.125. The lowest BCUT2D eigenvalue weighted by Crippen LogP contribution is -2.24. The zero-order valence-electron chi connectivity index (χ0n) is 18.0. The van der Waals surface area contributed by atoms with Crippen LogP contribution >= 0.6 is 0 Å². The number of halogens is 9. The van der Waals surface area contributed by atoms with Crippen LogP contribution in [0, 0.1) is 23.3 Å². The van der Waals surface area contributed by atoms with Gasteiger partial charge in [0.25, 0.3) is 0 Å². The van der Waals surface area contributed by atoms with Crippen molar-refractivity contribution in [3.8, 4) is 16.9 Å². The Morgan fingerprint density at radius 1 is 0.800 bits per heavy atom. The molecule has 1 nitrogen and oxygen atoms in total. The maximum absolute atomic E-state index is 14.7. The first-order chi connectivity index (χ1) is 16.3. The van der Waals surface area contributed by atoms with E-state index in [1.165, 1.54) is 12.1 Å². The lowest BCUT2D eigenvalue weighted by Gasteiger charge is -2.20. The molecular weight excluding hydrogens is 487 g/mol. The van der Waals surface area contributed by atoms with Gasteiger partial charge in [-0.05, 0) is 37.0 Å². The first-order valence-electron chi connectivity index (χ1n) is 10.2. The molecule has 186 valence electrons. The van der Waals surface area contributed by atoms with E-state index in [0.717, 1.165) is 18.1 Å². The Bertz CT molecular complexity index is 1210. The molecule has 0 aliphatic carbocycles. The molecule has 0 spiro atoms. The van der Waals surface area contributed by atoms with Gasteiger partial charge in [-0.25, -0.2) is 17.6 Å². The molecule has 3 aromatic rings. The summed E-state index contributed by atoms with van der Waals surface area (Å²) in [7, 11) is 0. The van der Waals surface area contributed by atoms with E-state index in [1.807, 2.05) is 19.1 Å². The number of hydrogen-bond acceptors (Lipinski definition) is 1. The summed E-state index contributed by atoms with van der Waals surface area (Å²) in [5.74, 6) is -9.39. The van der Waals surface area contributed by atoms with E-state index in [1.54, 1.807) is 12.1 Å². The summed E-state index contributed by atoms with van der Waals surface area (Å²) in [6.45, 7) is 1.87. The highest BCUT2D eigenvalue weighted by Crippen LogP contribution is 2.39. The fraction of sp³-hybridized carbons (Fsp3) is 0.200. The average molecular weight is 504 g/mol. The molecule has 0 radical (unpaired) electrons. The van der Waals surface area contributed by atoms with Crippen molar-refractivity contribution in [1.29, 1.82) is 0 Å². The van der Waals surface area contributed by atoms with Gasteiger partial charge in [-0.2, -0.15) is 22.0 Å². The number of hydrogen-bond donors (Lipinski definition) is 0. The molecular formula is C25H17F9O. The van der Waals surface area contributed by atoms with Crippen LogP contribution in [0.25, 0.3) is 11.1 Å². The zero-order chi connectivity index (χ0) is 26.0. The highest BCUT2D eigenvalue weighted by molar-refractivity contribution is 5.65. The normalized spacial score (nSPS) is 12.4. The van der Waals surface area contributed by atoms with Gasteiger partial charge < -0.3 is 4.74 Å². The van der Waals surface area contributed by atoms with Crippen LogP contribution in [-0.4, -0.2) is 0 Å². The van der Waals surface area contributed by atoms with Gasteiger partial charge in [-0.15, -0.1) is 0 Å². The molecule has 0 aliphatic heterocycles. The van der Waals surface area contributed by atoms with Crippen LogP contribution in [0.4, 0.5) is 39.5 Å². The lowest BCUT2D eigenvalue weighted by atomic mass is 9.99. The first-order valence-corrected chi connectivity index (χ1v) is 10.2. The van der Waals surface area contributed by atoms with Gasteiger partial charge in [0.2, 0.25) is 0 Å². The van der Waals surface area contributed by atoms with Crippen molar-refractivity contribution >= 4 is 0 Å². The van der Waals surface area contributed by atoms with E-state index < -0.39 is 52.4 Å². The Morgan fingerprint density at radius 3 is 1.94 bits per heavy atom. The van der Waals surface area contributed by atoms with Crippen LogP contribution in [0.2, 0.25) is 0 Å². The molecule has 0 aromatic heterocycles. The maximum Gasteiger partial charge on any atom is 0.429 e. The van der Waals surface area contributed by atoms with Gasteiger partial charge in [-0.3, -0.25) is 0 Å². The molecule has 0 N–H and O–H groups in total. The summed E-state index contributed by atoms with van der Waals surface area (Å²) in [5, 5.41) is 0. The SMILES string of the molecule is C/C=C/CCc1ccc(-c2ccc(C(F)(F)Oc3cc(F)c(C(F)(F)F)c(F)c3)c(F)c2F)cc1. The zero-order valence-corrected chi connectivity index (χ0v) is 18.0. The number of benzene rings is 3. The predicted octanol–water partition coefficient (Wildman–Crippen LogP) is 8.57. The van der Waals surface area contributed by atoms with Gasteiger partial charge >= 0.3 is 12.3 Å². The quantitative estimate of drug-likeness (QED) is 0.231. The molecule has 0 saturated carbocycles. The minimum Gasteiger partial charge on any atom is -0.429 e. The van der Waals surface area contributed by atoms with Gasteiger partial charge in [0.1, 0.15) is 28.5 Å². The molecule has 3 rings (SSSR count). The summed E-state index contributed by atoms with van der Waals surface area (Å²) in [6.07, 6.45) is -4.77. The van der Waals surface area contributed by atoms with E-state index in [0.29, 0.717) is 12.5 Å². The Balaban J connectivity index is 1.88. The number of ether oxygens (including phenoxy) is 1. The summed E-state index contributed by atoms with van der Waals surface area (Å²) in [5.41, 5.74) is -3.11. The van der Waals surface area contributed by atoms with Crippen molar-refractivity contribution in [2.45, 2.75) is 32.1 Å². The highest BCUT2D eigenvalue weighted by Gasteiger charge is 2.42. The second-order valence-electron chi connectivity index (χ2n) is 7.47. The van der Waals surface area contributed by atoms with E-state index in [4.69, 9.17) is 0 Å². The van der Waals surface area contributed by atoms with E-state index in [9.17, 15) is 39.5 Å². The van der Waals surface area contributed by atoms with Crippen LogP contribution in [0.15, 0.2) is 60.7 Å².